The second-order valence-electron chi connectivity index (χ2n) is 6.32. The summed E-state index contributed by atoms with van der Waals surface area (Å²) in [5.41, 5.74) is 2.49. The number of benzene rings is 1. The van der Waals surface area contributed by atoms with Crippen molar-refractivity contribution in [3.05, 3.63) is 28.3 Å². The van der Waals surface area contributed by atoms with Crippen LogP contribution in [0.5, 0.6) is 5.75 Å². The largest absolute Gasteiger partial charge is 0.487 e. The zero-order valence-electron chi connectivity index (χ0n) is 12.0. The first kappa shape index (κ1) is 13.3. The maximum Gasteiger partial charge on any atom is 0.127 e. The summed E-state index contributed by atoms with van der Waals surface area (Å²) in [6.45, 7) is 2.10. The van der Waals surface area contributed by atoms with Gasteiger partial charge in [-0.25, -0.2) is 0 Å². The van der Waals surface area contributed by atoms with E-state index < -0.39 is 0 Å². The Morgan fingerprint density at radius 2 is 1.95 bits per heavy atom. The van der Waals surface area contributed by atoms with Crippen molar-refractivity contribution in [2.24, 2.45) is 0 Å². The van der Waals surface area contributed by atoms with E-state index in [1.54, 1.807) is 0 Å². The second kappa shape index (κ2) is 4.68. The van der Waals surface area contributed by atoms with Gasteiger partial charge >= 0.3 is 0 Å². The molecule has 3 rings (SSSR count). The molecule has 2 nitrogen and oxygen atoms in total. The van der Waals surface area contributed by atoms with Gasteiger partial charge in [-0.2, -0.15) is 0 Å². The van der Waals surface area contributed by atoms with Crippen LogP contribution in [0.1, 0.15) is 49.3 Å². The van der Waals surface area contributed by atoms with Gasteiger partial charge in [-0.05, 0) is 64.4 Å². The molecular weight excluding hydrogens is 258 g/mol. The van der Waals surface area contributed by atoms with Gasteiger partial charge in [-0.3, -0.25) is 0 Å². The van der Waals surface area contributed by atoms with Gasteiger partial charge in [0.05, 0.1) is 0 Å². The van der Waals surface area contributed by atoms with Crippen LogP contribution in [0.2, 0.25) is 5.02 Å². The average Bonchev–Trinajstić information content (AvgIpc) is 2.78. The third-order valence-electron chi connectivity index (χ3n) is 4.65. The van der Waals surface area contributed by atoms with Crippen LogP contribution in [0, 0.1) is 6.92 Å². The lowest BCUT2D eigenvalue weighted by molar-refractivity contribution is 0.0172. The van der Waals surface area contributed by atoms with Crippen molar-refractivity contribution in [2.45, 2.75) is 50.7 Å². The molecule has 0 N–H and O–H groups in total. The summed E-state index contributed by atoms with van der Waals surface area (Å²) < 4.78 is 6.46. The Morgan fingerprint density at radius 1 is 1.26 bits per heavy atom. The molecule has 1 spiro atoms. The maximum atomic E-state index is 6.46. The predicted octanol–water partition coefficient (Wildman–Crippen LogP) is 4.35. The van der Waals surface area contributed by atoms with Gasteiger partial charge in [0.2, 0.25) is 0 Å². The van der Waals surface area contributed by atoms with Gasteiger partial charge in [0.1, 0.15) is 11.4 Å². The molecule has 1 atom stereocenters. The highest BCUT2D eigenvalue weighted by atomic mass is 35.5. The fraction of sp³-hybridized carbons (Fsp3) is 0.625. The summed E-state index contributed by atoms with van der Waals surface area (Å²) >= 11 is 6.23. The van der Waals surface area contributed by atoms with Gasteiger partial charge in [0, 0.05) is 23.0 Å². The van der Waals surface area contributed by atoms with E-state index in [-0.39, 0.29) is 5.60 Å². The topological polar surface area (TPSA) is 12.5 Å². The van der Waals surface area contributed by atoms with E-state index >= 15 is 0 Å². The lowest BCUT2D eigenvalue weighted by Gasteiger charge is -2.43. The predicted molar refractivity (Wildman–Crippen MR) is 79.1 cm³/mol. The minimum Gasteiger partial charge on any atom is -0.487 e. The van der Waals surface area contributed by atoms with Gasteiger partial charge in [-0.15, -0.1) is 0 Å². The molecule has 104 valence electrons. The van der Waals surface area contributed by atoms with Gasteiger partial charge < -0.3 is 9.64 Å². The van der Waals surface area contributed by atoms with Crippen LogP contribution < -0.4 is 4.74 Å². The first-order valence-electron chi connectivity index (χ1n) is 7.16. The number of fused-ring (bicyclic) bond motifs is 1. The molecule has 0 amide bonds. The van der Waals surface area contributed by atoms with Gasteiger partial charge in [0.15, 0.2) is 0 Å². The molecule has 0 saturated heterocycles. The molecule has 0 aromatic heterocycles. The van der Waals surface area contributed by atoms with Crippen LogP contribution in [-0.4, -0.2) is 24.6 Å². The van der Waals surface area contributed by atoms with E-state index in [0.717, 1.165) is 17.2 Å². The van der Waals surface area contributed by atoms with Crippen LogP contribution in [0.3, 0.4) is 0 Å². The molecule has 19 heavy (non-hydrogen) atoms. The summed E-state index contributed by atoms with van der Waals surface area (Å²) in [5.74, 6) is 1.08. The van der Waals surface area contributed by atoms with E-state index in [2.05, 4.69) is 32.0 Å². The van der Waals surface area contributed by atoms with Crippen LogP contribution in [0.4, 0.5) is 0 Å². The molecule has 1 aromatic rings. The van der Waals surface area contributed by atoms with E-state index in [1.807, 2.05) is 6.07 Å². The van der Waals surface area contributed by atoms with Crippen molar-refractivity contribution in [2.75, 3.05) is 14.1 Å². The Balaban J connectivity index is 2.09. The SMILES string of the molecule is Cc1cc(Cl)cc2c1OC1(CCCC1)CC2N(C)C. The number of nitrogens with zero attached hydrogens (tertiary/aromatic N) is 1. The minimum absolute atomic E-state index is 0.0700. The molecule has 1 heterocycles. The summed E-state index contributed by atoms with van der Waals surface area (Å²) in [6.07, 6.45) is 6.06. The first-order valence-corrected chi connectivity index (χ1v) is 7.54. The number of hydrogen-bond acceptors (Lipinski definition) is 2. The van der Waals surface area contributed by atoms with Crippen molar-refractivity contribution in [3.8, 4) is 5.75 Å². The van der Waals surface area contributed by atoms with Crippen LogP contribution >= 0.6 is 11.6 Å². The molecule has 1 fully saturated rings. The minimum atomic E-state index is 0.0700. The molecule has 3 heteroatoms. The quantitative estimate of drug-likeness (QED) is 0.758. The molecule has 1 aliphatic carbocycles. The standard InChI is InChI=1S/C16H22ClNO/c1-11-8-12(17)9-13-14(18(2)3)10-16(19-15(11)13)6-4-5-7-16/h8-9,14H,4-7,10H2,1-3H3. The average molecular weight is 280 g/mol. The summed E-state index contributed by atoms with van der Waals surface area (Å²) in [4.78, 5) is 2.30. The molecule has 1 aromatic carbocycles. The van der Waals surface area contributed by atoms with Crippen LogP contribution in [-0.2, 0) is 0 Å². The Labute approximate surface area is 120 Å². The molecule has 1 unspecified atom stereocenters. The van der Waals surface area contributed by atoms with E-state index in [4.69, 9.17) is 16.3 Å². The number of ether oxygens (including phenoxy) is 1. The highest BCUT2D eigenvalue weighted by Gasteiger charge is 2.44. The van der Waals surface area contributed by atoms with Crippen molar-refractivity contribution >= 4 is 11.6 Å². The zero-order chi connectivity index (χ0) is 13.6. The normalized spacial score (nSPS) is 24.6. The Morgan fingerprint density at radius 3 is 2.58 bits per heavy atom. The van der Waals surface area contributed by atoms with Crippen LogP contribution in [0.15, 0.2) is 12.1 Å². The molecular formula is C16H22ClNO. The molecule has 1 aliphatic heterocycles. The van der Waals surface area contributed by atoms with Crippen molar-refractivity contribution in [1.29, 1.82) is 0 Å². The third-order valence-corrected chi connectivity index (χ3v) is 4.87. The Bertz CT molecular complexity index is 492. The highest BCUT2D eigenvalue weighted by molar-refractivity contribution is 6.30. The summed E-state index contributed by atoms with van der Waals surface area (Å²) in [6, 6.07) is 4.51. The molecule has 0 radical (unpaired) electrons. The third kappa shape index (κ3) is 2.25. The van der Waals surface area contributed by atoms with Crippen molar-refractivity contribution in [1.82, 2.24) is 4.90 Å². The number of aryl methyl sites for hydroxylation is 1. The summed E-state index contributed by atoms with van der Waals surface area (Å²) in [7, 11) is 4.30. The lowest BCUT2D eigenvalue weighted by Crippen LogP contribution is -2.42. The fourth-order valence-corrected chi connectivity index (χ4v) is 3.93. The van der Waals surface area contributed by atoms with E-state index in [1.165, 1.54) is 36.8 Å². The van der Waals surface area contributed by atoms with Crippen molar-refractivity contribution in [3.63, 3.8) is 0 Å². The smallest absolute Gasteiger partial charge is 0.127 e. The maximum absolute atomic E-state index is 6.46. The van der Waals surface area contributed by atoms with Gasteiger partial charge in [0.25, 0.3) is 0 Å². The first-order chi connectivity index (χ1) is 9.01. The Kier molecular flexibility index (Phi) is 3.26. The molecule has 2 aliphatic rings. The summed E-state index contributed by atoms with van der Waals surface area (Å²) in [5, 5.41) is 0.814. The Hall–Kier alpha value is -0.730. The van der Waals surface area contributed by atoms with E-state index in [9.17, 15) is 0 Å². The monoisotopic (exact) mass is 279 g/mol. The number of hydrogen-bond donors (Lipinski definition) is 0. The highest BCUT2D eigenvalue weighted by Crippen LogP contribution is 2.50. The molecule has 0 bridgehead atoms. The van der Waals surface area contributed by atoms with Crippen molar-refractivity contribution < 1.29 is 4.74 Å². The fourth-order valence-electron chi connectivity index (χ4n) is 3.65. The molecule has 1 saturated carbocycles. The van der Waals surface area contributed by atoms with Crippen LogP contribution in [0.25, 0.3) is 0 Å². The number of halogens is 1. The second-order valence-corrected chi connectivity index (χ2v) is 6.75. The van der Waals surface area contributed by atoms with Gasteiger partial charge in [-0.1, -0.05) is 11.6 Å². The zero-order valence-corrected chi connectivity index (χ0v) is 12.8. The lowest BCUT2D eigenvalue weighted by atomic mass is 9.84. The van der Waals surface area contributed by atoms with E-state index in [0.29, 0.717) is 6.04 Å². The number of rotatable bonds is 1.